The number of rotatable bonds is 9. The molecule has 0 unspecified atom stereocenters. The number of hydrogen-bond donors (Lipinski definition) is 1. The summed E-state index contributed by atoms with van der Waals surface area (Å²) in [5.74, 6) is 0.337. The predicted octanol–water partition coefficient (Wildman–Crippen LogP) is 4.78. The van der Waals surface area contributed by atoms with Gasteiger partial charge < -0.3 is 10.1 Å². The molecule has 0 saturated heterocycles. The molecule has 3 aromatic carbocycles. The molecule has 0 fully saturated rings. The van der Waals surface area contributed by atoms with Crippen LogP contribution >= 0.6 is 0 Å². The Morgan fingerprint density at radius 2 is 1.80 bits per heavy atom. The first kappa shape index (κ1) is 24.9. The van der Waals surface area contributed by atoms with Crippen LogP contribution in [0.15, 0.2) is 77.7 Å². The molecule has 0 bridgehead atoms. The lowest BCUT2D eigenvalue weighted by molar-refractivity contribution is -0.122. The van der Waals surface area contributed by atoms with Crippen LogP contribution in [0.1, 0.15) is 48.1 Å². The molecule has 0 aromatic heterocycles. The van der Waals surface area contributed by atoms with Gasteiger partial charge >= 0.3 is 0 Å². The number of aryl methyl sites for hydroxylation is 2. The van der Waals surface area contributed by atoms with Crippen molar-refractivity contribution >= 4 is 15.9 Å². The van der Waals surface area contributed by atoms with Crippen molar-refractivity contribution in [1.29, 1.82) is 0 Å². The van der Waals surface area contributed by atoms with E-state index in [0.29, 0.717) is 12.4 Å². The van der Waals surface area contributed by atoms with Crippen LogP contribution in [0, 0.1) is 6.92 Å². The molecule has 35 heavy (non-hydrogen) atoms. The molecule has 0 aliphatic heterocycles. The number of nitrogens with zero attached hydrogens (tertiary/aromatic N) is 1. The summed E-state index contributed by atoms with van der Waals surface area (Å²) < 4.78 is 34.2. The highest BCUT2D eigenvalue weighted by Crippen LogP contribution is 2.30. The Labute approximate surface area is 208 Å². The van der Waals surface area contributed by atoms with Crippen molar-refractivity contribution in [3.63, 3.8) is 0 Å². The average Bonchev–Trinajstić information content (AvgIpc) is 2.86. The van der Waals surface area contributed by atoms with Crippen molar-refractivity contribution in [2.75, 3.05) is 13.2 Å². The largest absolute Gasteiger partial charge is 0.494 e. The zero-order valence-corrected chi connectivity index (χ0v) is 21.1. The number of ether oxygens (including phenoxy) is 1. The molecule has 184 valence electrons. The van der Waals surface area contributed by atoms with E-state index in [1.165, 1.54) is 9.87 Å². The Morgan fingerprint density at radius 1 is 1.06 bits per heavy atom. The maximum atomic E-state index is 13.7. The normalized spacial score (nSPS) is 15.5. The fourth-order valence-electron chi connectivity index (χ4n) is 4.57. The molecule has 1 N–H and O–H groups in total. The predicted molar refractivity (Wildman–Crippen MR) is 137 cm³/mol. The zero-order chi connectivity index (χ0) is 24.8. The fourth-order valence-corrected chi connectivity index (χ4v) is 6.04. The lowest BCUT2D eigenvalue weighted by atomic mass is 9.88. The van der Waals surface area contributed by atoms with Gasteiger partial charge in [0.05, 0.1) is 24.1 Å². The molecule has 1 amide bonds. The van der Waals surface area contributed by atoms with Gasteiger partial charge in [0.2, 0.25) is 15.9 Å². The SMILES string of the molecule is CCOc1ccc(S(=O)(=O)N(CC(=O)N[C@H]2CCCc3ccccc32)Cc2ccccc2)cc1C. The lowest BCUT2D eigenvalue weighted by Crippen LogP contribution is -2.42. The number of hydrogen-bond acceptors (Lipinski definition) is 4. The number of carbonyl (C=O) groups excluding carboxylic acids is 1. The summed E-state index contributed by atoms with van der Waals surface area (Å²) in [7, 11) is -3.93. The molecular formula is C28H32N2O4S. The van der Waals surface area contributed by atoms with Gasteiger partial charge in [-0.05, 0) is 73.6 Å². The smallest absolute Gasteiger partial charge is 0.243 e. The zero-order valence-electron chi connectivity index (χ0n) is 20.2. The van der Waals surface area contributed by atoms with Gasteiger partial charge in [-0.25, -0.2) is 8.42 Å². The molecular weight excluding hydrogens is 460 g/mol. The number of benzene rings is 3. The van der Waals surface area contributed by atoms with Gasteiger partial charge in [-0.15, -0.1) is 0 Å². The number of nitrogens with one attached hydrogen (secondary N) is 1. The second kappa shape index (κ2) is 11.1. The summed E-state index contributed by atoms with van der Waals surface area (Å²) in [6.07, 6.45) is 2.82. The molecule has 0 saturated carbocycles. The van der Waals surface area contributed by atoms with E-state index in [-0.39, 0.29) is 29.9 Å². The van der Waals surface area contributed by atoms with Gasteiger partial charge in [0, 0.05) is 6.54 Å². The highest BCUT2D eigenvalue weighted by atomic mass is 32.2. The Kier molecular flexibility index (Phi) is 7.88. The second-order valence-electron chi connectivity index (χ2n) is 8.83. The molecule has 1 aliphatic rings. The van der Waals surface area contributed by atoms with Crippen molar-refractivity contribution in [3.05, 3.63) is 95.1 Å². The molecule has 0 radical (unpaired) electrons. The minimum Gasteiger partial charge on any atom is -0.494 e. The molecule has 4 rings (SSSR count). The monoisotopic (exact) mass is 492 g/mol. The van der Waals surface area contributed by atoms with E-state index in [1.807, 2.05) is 62.4 Å². The molecule has 1 atom stereocenters. The van der Waals surface area contributed by atoms with Crippen LogP contribution in [0.5, 0.6) is 5.75 Å². The van der Waals surface area contributed by atoms with E-state index in [4.69, 9.17) is 4.74 Å². The Hall–Kier alpha value is -3.16. The van der Waals surface area contributed by atoms with Crippen LogP contribution in [0.2, 0.25) is 0 Å². The topological polar surface area (TPSA) is 75.7 Å². The molecule has 0 spiro atoms. The number of carbonyl (C=O) groups is 1. The van der Waals surface area contributed by atoms with E-state index in [2.05, 4.69) is 11.4 Å². The van der Waals surface area contributed by atoms with Crippen molar-refractivity contribution in [3.8, 4) is 5.75 Å². The summed E-state index contributed by atoms with van der Waals surface area (Å²) in [4.78, 5) is 13.3. The molecule has 6 nitrogen and oxygen atoms in total. The van der Waals surface area contributed by atoms with Gasteiger partial charge in [0.25, 0.3) is 0 Å². The van der Waals surface area contributed by atoms with Gasteiger partial charge in [0.1, 0.15) is 5.75 Å². The maximum Gasteiger partial charge on any atom is 0.243 e. The van der Waals surface area contributed by atoms with Crippen molar-refractivity contribution in [2.24, 2.45) is 0 Å². The van der Waals surface area contributed by atoms with Crippen LogP contribution in [-0.4, -0.2) is 31.8 Å². The molecule has 7 heteroatoms. The third kappa shape index (κ3) is 5.92. The van der Waals surface area contributed by atoms with Crippen molar-refractivity contribution in [1.82, 2.24) is 9.62 Å². The fraction of sp³-hybridized carbons (Fsp3) is 0.321. The molecule has 3 aromatic rings. The van der Waals surface area contributed by atoms with Crippen molar-refractivity contribution < 1.29 is 17.9 Å². The van der Waals surface area contributed by atoms with E-state index < -0.39 is 10.0 Å². The van der Waals surface area contributed by atoms with E-state index in [1.54, 1.807) is 18.2 Å². The van der Waals surface area contributed by atoms with Gasteiger partial charge in [-0.1, -0.05) is 54.6 Å². The first-order valence-electron chi connectivity index (χ1n) is 12.0. The highest BCUT2D eigenvalue weighted by molar-refractivity contribution is 7.89. The van der Waals surface area contributed by atoms with Gasteiger partial charge in [0.15, 0.2) is 0 Å². The minimum absolute atomic E-state index is 0.101. The van der Waals surface area contributed by atoms with Crippen LogP contribution in [0.4, 0.5) is 0 Å². The quantitative estimate of drug-likeness (QED) is 0.467. The summed E-state index contributed by atoms with van der Waals surface area (Å²) in [5.41, 5.74) is 3.90. The summed E-state index contributed by atoms with van der Waals surface area (Å²) in [5, 5.41) is 3.09. The number of amides is 1. The highest BCUT2D eigenvalue weighted by Gasteiger charge is 2.29. The van der Waals surface area contributed by atoms with Gasteiger partial charge in [-0.2, -0.15) is 4.31 Å². The number of fused-ring (bicyclic) bond motifs is 1. The van der Waals surface area contributed by atoms with Crippen LogP contribution in [0.25, 0.3) is 0 Å². The Bertz CT molecular complexity index is 1280. The van der Waals surface area contributed by atoms with Crippen LogP contribution < -0.4 is 10.1 Å². The average molecular weight is 493 g/mol. The maximum absolute atomic E-state index is 13.7. The third-order valence-corrected chi connectivity index (χ3v) is 8.10. The van der Waals surface area contributed by atoms with Crippen LogP contribution in [0.3, 0.4) is 0 Å². The van der Waals surface area contributed by atoms with Gasteiger partial charge in [-0.3, -0.25) is 4.79 Å². The molecule has 0 heterocycles. The first-order valence-corrected chi connectivity index (χ1v) is 13.5. The Morgan fingerprint density at radius 3 is 2.54 bits per heavy atom. The van der Waals surface area contributed by atoms with Crippen molar-refractivity contribution in [2.45, 2.75) is 50.6 Å². The Balaban J connectivity index is 1.58. The minimum atomic E-state index is -3.93. The van der Waals surface area contributed by atoms with E-state index >= 15 is 0 Å². The third-order valence-electron chi connectivity index (χ3n) is 6.31. The van der Waals surface area contributed by atoms with E-state index in [9.17, 15) is 13.2 Å². The lowest BCUT2D eigenvalue weighted by Gasteiger charge is -2.28. The van der Waals surface area contributed by atoms with Crippen LogP contribution in [-0.2, 0) is 27.8 Å². The first-order chi connectivity index (χ1) is 16.9. The standard InChI is InChI=1S/C28H32N2O4S/c1-3-34-27-17-16-24(18-21(27)2)35(32,33)30(19-22-10-5-4-6-11-22)20-28(31)29-26-15-9-13-23-12-7-8-14-25(23)26/h4-8,10-12,14,16-18,26H,3,9,13,15,19-20H2,1-2H3,(H,29,31)/t26-/m0/s1. The molecule has 1 aliphatic carbocycles. The number of sulfonamides is 1. The van der Waals surface area contributed by atoms with E-state index in [0.717, 1.165) is 36.0 Å². The summed E-state index contributed by atoms with van der Waals surface area (Å²) in [6, 6.07) is 22.2. The summed E-state index contributed by atoms with van der Waals surface area (Å²) >= 11 is 0. The second-order valence-corrected chi connectivity index (χ2v) is 10.8. The summed E-state index contributed by atoms with van der Waals surface area (Å²) in [6.45, 7) is 4.04.